The largest absolute Gasteiger partial charge is 0.497 e. The lowest BCUT2D eigenvalue weighted by Crippen LogP contribution is -2.53. The molecule has 0 bridgehead atoms. The first-order valence-electron chi connectivity index (χ1n) is 49.3. The third kappa shape index (κ3) is 33.3. The number of benzene rings is 8. The maximum atomic E-state index is 13.1. The SMILES string of the molecule is CC(=O)c1cccc(NC(=O)N[C@@H]2CCCC[C@H]2CN2CCC(Cc3ccccc3)CC2)c1.COc1cccc(NC(=O)NC2CCCCC2CN2CCC(Cc3ccccc3)CC2)c1.COc1cccc(NC(=O)N[C@@H]2CCCC[C@H]2CN2CCC(Cc3ccc(F)cc3)CC2)c1.O=C(NCC(c1ccc(C(F)(F)F)cc1)N1CCN(C2CCCCC2)CC1)Nc1cc(Cl)cc(Cl)c1.[HH].[HH].[HH].[HH].[HH].[HH].[HH]. The van der Waals surface area contributed by atoms with Crippen LogP contribution in [0.3, 0.4) is 0 Å². The number of amides is 8. The Hall–Kier alpha value is -9.79. The number of methoxy groups -OCH3 is 2. The third-order valence-corrected chi connectivity index (χ3v) is 29.1. The Morgan fingerprint density at radius 3 is 1.20 bits per heavy atom. The molecular weight excluding hydrogens is 1740 g/mol. The van der Waals surface area contributed by atoms with Crippen LogP contribution in [0.5, 0.6) is 11.5 Å². The summed E-state index contributed by atoms with van der Waals surface area (Å²) in [6.45, 7) is 15.3. The number of Topliss-reactive ketones (excluding diaryl/α,β-unsaturated/α-hetero) is 1. The lowest BCUT2D eigenvalue weighted by atomic mass is 9.83. The number of anilines is 4. The highest BCUT2D eigenvalue weighted by molar-refractivity contribution is 6.35. The number of alkyl halides is 3. The third-order valence-electron chi connectivity index (χ3n) is 28.7. The maximum Gasteiger partial charge on any atom is 0.416 e. The summed E-state index contributed by atoms with van der Waals surface area (Å²) in [5.41, 5.74) is 7.42. The Kier molecular flexibility index (Phi) is 39.8. The van der Waals surface area contributed by atoms with E-state index in [4.69, 9.17) is 32.7 Å². The number of piperidine rings is 3. The molecule has 0 radical (unpaired) electrons. The molecule has 4 heterocycles. The van der Waals surface area contributed by atoms with Crippen LogP contribution in [0.4, 0.5) is 59.5 Å². The minimum atomic E-state index is -4.39. The van der Waals surface area contributed by atoms with Crippen molar-refractivity contribution in [1.82, 2.24) is 45.8 Å². The summed E-state index contributed by atoms with van der Waals surface area (Å²) in [5.74, 6) is 5.07. The summed E-state index contributed by atoms with van der Waals surface area (Å²) in [7, 11) is 3.26. The van der Waals surface area contributed by atoms with Crippen LogP contribution in [0.1, 0.15) is 209 Å². The molecule has 4 saturated carbocycles. The van der Waals surface area contributed by atoms with Gasteiger partial charge in [0.25, 0.3) is 0 Å². The summed E-state index contributed by atoms with van der Waals surface area (Å²) < 4.78 is 63.0. The number of ketones is 1. The molecule has 16 rings (SSSR count). The number of nitrogens with zero attached hydrogens (tertiary/aromatic N) is 5. The first kappa shape index (κ1) is 102. The molecule has 7 atom stereocenters. The molecule has 8 fully saturated rings. The molecule has 4 aliphatic carbocycles. The zero-order valence-electron chi connectivity index (χ0n) is 78.5. The summed E-state index contributed by atoms with van der Waals surface area (Å²) >= 11 is 12.0. The molecule has 20 nitrogen and oxygen atoms in total. The van der Waals surface area contributed by atoms with Gasteiger partial charge in [0.1, 0.15) is 17.3 Å². The van der Waals surface area contributed by atoms with Gasteiger partial charge in [0.05, 0.1) is 25.8 Å². The number of urea groups is 4. The van der Waals surface area contributed by atoms with Gasteiger partial charge in [-0.1, -0.05) is 190 Å². The van der Waals surface area contributed by atoms with E-state index in [2.05, 4.69) is 128 Å². The van der Waals surface area contributed by atoms with Gasteiger partial charge in [-0.3, -0.25) is 14.6 Å². The second kappa shape index (κ2) is 52.5. The number of carbonyl (C=O) groups excluding carboxylic acids is 5. The van der Waals surface area contributed by atoms with E-state index in [1.165, 1.54) is 190 Å². The number of rotatable bonds is 27. The standard InChI is InChI=1S/C28H37N3O2.C27H36FN3O2.C27H37N3O2.C26H31Cl2F3N4O.7H2/c1-21(32)24-11-7-12-26(19-24)29-28(33)30-27-13-6-5-10-25(27)20-31-16-14-23(15-17-31)18-22-8-3-2-4-9-22;1-33-25-7-4-6-24(18-25)29-27(32)30-26-8-3-2-5-22(26)19-31-15-13-21(14-16-31)17-20-9-11-23(28)12-10-20;1-32-25-12-7-11-24(19-25)28-27(31)29-26-13-6-5-10-23(26)20-30-16-14-22(15-17-30)18-21-8-3-2-4-9-21;27-20-14-21(28)16-22(15-20)33-25(36)32-17-24(18-6-8-19(9-7-18)26(29,30)31)35-12-10-34(11-13-35)23-4-2-1-3-5-23;;;;;;;/h2-4,7-9,11-12,19,23,25,27H,5-6,10,13-18,20H2,1H3,(H2,29,30,33);4,6-7,9-12,18,21-22,26H,2-3,5,8,13-17,19H2,1H3,(H2,29,30,32);2-4,7-9,11-12,19,22-23,26H,5-6,10,13-18,20H2,1H3,(H2,28,29,31);6-9,14-16,23-24H,1-5,10-13,17H2,(H2,32,33,36);7*1H/t25-,27+;22-,26+;;;;;;;;;/m00........./s1. The van der Waals surface area contributed by atoms with E-state index in [0.29, 0.717) is 56.7 Å². The van der Waals surface area contributed by atoms with Gasteiger partial charge in [-0.05, 0) is 292 Å². The van der Waals surface area contributed by atoms with E-state index in [0.717, 1.165) is 150 Å². The van der Waals surface area contributed by atoms with Crippen LogP contribution in [-0.2, 0) is 25.4 Å². The Balaban J connectivity index is 0.000000283. The van der Waals surface area contributed by atoms with Gasteiger partial charge in [-0.25, -0.2) is 23.6 Å². The van der Waals surface area contributed by atoms with Crippen LogP contribution < -0.4 is 52.0 Å². The van der Waals surface area contributed by atoms with Gasteiger partial charge < -0.3 is 66.7 Å². The van der Waals surface area contributed by atoms with Crippen LogP contribution in [-0.4, -0.2) is 184 Å². The van der Waals surface area contributed by atoms with E-state index >= 15 is 0 Å². The number of carbonyl (C=O) groups is 5. The summed E-state index contributed by atoms with van der Waals surface area (Å²) in [5, 5.41) is 25.0. The zero-order chi connectivity index (χ0) is 94.0. The number of nitrogens with one attached hydrogen (secondary N) is 8. The zero-order valence-corrected chi connectivity index (χ0v) is 80.1. The average Bonchev–Trinajstić information content (AvgIpc) is 0.811. The second-order valence-corrected chi connectivity index (χ2v) is 39.2. The average molecular weight is 1890 g/mol. The number of hydrogen-bond donors (Lipinski definition) is 8. The highest BCUT2D eigenvalue weighted by Gasteiger charge is 2.37. The van der Waals surface area contributed by atoms with Crippen LogP contribution in [0.2, 0.25) is 10.0 Å². The van der Waals surface area contributed by atoms with Gasteiger partial charge in [-0.2, -0.15) is 13.2 Å². The van der Waals surface area contributed by atoms with E-state index < -0.39 is 17.8 Å². The molecule has 8 aromatic rings. The smallest absolute Gasteiger partial charge is 0.416 e. The molecule has 0 spiro atoms. The highest BCUT2D eigenvalue weighted by Crippen LogP contribution is 2.37. The molecule has 8 amide bonds. The minimum Gasteiger partial charge on any atom is -0.497 e. The number of halogens is 6. The van der Waals surface area contributed by atoms with Crippen molar-refractivity contribution in [2.24, 2.45) is 35.5 Å². The van der Waals surface area contributed by atoms with Gasteiger partial charge in [-0.15, -0.1) is 0 Å². The molecule has 3 unspecified atom stereocenters. The van der Waals surface area contributed by atoms with Crippen molar-refractivity contribution in [3.63, 3.8) is 0 Å². The Bertz CT molecular complexity index is 4940. The molecule has 4 aliphatic heterocycles. The second-order valence-electron chi connectivity index (χ2n) is 38.3. The molecule has 8 N–H and O–H groups in total. The fraction of sp³-hybridized carbons (Fsp3) is 0.509. The van der Waals surface area contributed by atoms with Crippen LogP contribution in [0.15, 0.2) is 200 Å². The van der Waals surface area contributed by atoms with Gasteiger partial charge in [0.2, 0.25) is 0 Å². The quantitative estimate of drug-likeness (QED) is 0.0178. The first-order chi connectivity index (χ1) is 65.0. The Morgan fingerprint density at radius 1 is 0.403 bits per heavy atom. The topological polar surface area (TPSA) is 216 Å². The van der Waals surface area contributed by atoms with Crippen molar-refractivity contribution in [2.45, 2.75) is 210 Å². The lowest BCUT2D eigenvalue weighted by molar-refractivity contribution is -0.137. The molecule has 26 heteroatoms. The Morgan fingerprint density at radius 2 is 0.791 bits per heavy atom. The molecule has 0 aromatic heterocycles. The summed E-state index contributed by atoms with van der Waals surface area (Å²) in [6, 6.07) is 60.9. The van der Waals surface area contributed by atoms with Gasteiger partial charge in [0, 0.05) is 137 Å². The molecule has 134 heavy (non-hydrogen) atoms. The van der Waals surface area contributed by atoms with Crippen LogP contribution >= 0.6 is 23.2 Å². The highest BCUT2D eigenvalue weighted by atomic mass is 35.5. The van der Waals surface area contributed by atoms with Gasteiger partial charge in [0.15, 0.2) is 5.78 Å². The van der Waals surface area contributed by atoms with Crippen molar-refractivity contribution in [3.8, 4) is 11.5 Å². The number of ether oxygens (including phenoxy) is 2. The van der Waals surface area contributed by atoms with Gasteiger partial charge >= 0.3 is 30.3 Å². The Labute approximate surface area is 812 Å². The number of hydrogen-bond acceptors (Lipinski definition) is 12. The predicted molar refractivity (Wildman–Crippen MR) is 547 cm³/mol. The minimum absolute atomic E-state index is 0. The summed E-state index contributed by atoms with van der Waals surface area (Å²) in [4.78, 5) is 74.8. The fourth-order valence-corrected chi connectivity index (χ4v) is 21.8. The molecular formula is C108H155Cl2F4N13O7. The molecule has 4 saturated heterocycles. The van der Waals surface area contributed by atoms with E-state index in [1.54, 1.807) is 62.8 Å². The predicted octanol–water partition coefficient (Wildman–Crippen LogP) is 24.9. The monoisotopic (exact) mass is 1890 g/mol. The normalized spacial score (nSPS) is 21.3. The first-order valence-corrected chi connectivity index (χ1v) is 50.1. The van der Waals surface area contributed by atoms with Crippen molar-refractivity contribution in [1.29, 1.82) is 0 Å². The fourth-order valence-electron chi connectivity index (χ4n) is 21.2. The van der Waals surface area contributed by atoms with E-state index in [1.807, 2.05) is 66.7 Å². The summed E-state index contributed by atoms with van der Waals surface area (Å²) in [6.07, 6.45) is 26.7. The molecule has 8 aromatic carbocycles. The molecule has 736 valence electrons. The lowest BCUT2D eigenvalue weighted by Gasteiger charge is -2.43. The van der Waals surface area contributed by atoms with Crippen molar-refractivity contribution in [3.05, 3.63) is 249 Å². The van der Waals surface area contributed by atoms with Crippen molar-refractivity contribution < 1.29 is 61.0 Å². The van der Waals surface area contributed by atoms with Crippen LogP contribution in [0, 0.1) is 41.3 Å². The van der Waals surface area contributed by atoms with Crippen molar-refractivity contribution in [2.75, 3.05) is 127 Å². The van der Waals surface area contributed by atoms with E-state index in [9.17, 15) is 41.5 Å². The maximum absolute atomic E-state index is 13.1. The van der Waals surface area contributed by atoms with E-state index in [-0.39, 0.29) is 70.4 Å². The molecule has 8 aliphatic rings. The van der Waals surface area contributed by atoms with Crippen molar-refractivity contribution >= 4 is 75.9 Å². The number of likely N-dealkylation sites (tertiary alicyclic amines) is 3. The number of piperazine rings is 1. The van der Waals surface area contributed by atoms with Crippen LogP contribution in [0.25, 0.3) is 0 Å².